The summed E-state index contributed by atoms with van der Waals surface area (Å²) in [5, 5.41) is 0. The predicted octanol–water partition coefficient (Wildman–Crippen LogP) is 1.98. The normalized spacial score (nSPS) is 12.1. The molecule has 0 fully saturated rings. The number of hydrogen-bond acceptors (Lipinski definition) is 2. The van der Waals surface area contributed by atoms with Crippen molar-refractivity contribution in [3.63, 3.8) is 0 Å². The molecule has 2 rings (SSSR count). The van der Waals surface area contributed by atoms with Gasteiger partial charge in [-0.2, -0.15) is 0 Å². The number of benzene rings is 1. The fourth-order valence-electron chi connectivity index (χ4n) is 1.24. The van der Waals surface area contributed by atoms with Crippen LogP contribution in [0.2, 0.25) is 0 Å². The van der Waals surface area contributed by atoms with E-state index in [-0.39, 0.29) is 0 Å². The molecule has 0 aliphatic carbocycles. The van der Waals surface area contributed by atoms with Crippen LogP contribution in [0, 0.1) is 11.8 Å². The molecule has 1 heterocycles. The second-order valence-electron chi connectivity index (χ2n) is 2.79. The summed E-state index contributed by atoms with van der Waals surface area (Å²) in [5.74, 6) is 7.53. The van der Waals surface area contributed by atoms with Crippen LogP contribution in [-0.2, 0) is 6.42 Å². The maximum atomic E-state index is 5.25. The Morgan fingerprint density at radius 1 is 1.31 bits per heavy atom. The highest BCUT2D eigenvalue weighted by atomic mass is 16.7. The summed E-state index contributed by atoms with van der Waals surface area (Å²) >= 11 is 0. The SMILES string of the molecule is CC#CCc1ccc2c(c1)OCO2. The molecule has 0 unspecified atom stereocenters. The van der Waals surface area contributed by atoms with Crippen molar-refractivity contribution in [2.45, 2.75) is 13.3 Å². The summed E-state index contributed by atoms with van der Waals surface area (Å²) in [5.41, 5.74) is 1.17. The van der Waals surface area contributed by atoms with Crippen LogP contribution < -0.4 is 9.47 Å². The minimum atomic E-state index is 0.332. The van der Waals surface area contributed by atoms with Gasteiger partial charge in [0.05, 0.1) is 0 Å². The quantitative estimate of drug-likeness (QED) is 0.606. The van der Waals surface area contributed by atoms with E-state index in [1.165, 1.54) is 5.56 Å². The largest absolute Gasteiger partial charge is 0.454 e. The van der Waals surface area contributed by atoms with Crippen LogP contribution in [0.5, 0.6) is 11.5 Å². The van der Waals surface area contributed by atoms with Gasteiger partial charge in [0.15, 0.2) is 11.5 Å². The molecule has 1 aliphatic heterocycles. The molecule has 0 bridgehead atoms. The fraction of sp³-hybridized carbons (Fsp3) is 0.273. The van der Waals surface area contributed by atoms with Crippen molar-refractivity contribution in [1.29, 1.82) is 0 Å². The number of ether oxygens (including phenoxy) is 2. The Morgan fingerprint density at radius 2 is 2.15 bits per heavy atom. The van der Waals surface area contributed by atoms with E-state index in [2.05, 4.69) is 11.8 Å². The average molecular weight is 174 g/mol. The highest BCUT2D eigenvalue weighted by Gasteiger charge is 2.12. The number of hydrogen-bond donors (Lipinski definition) is 0. The van der Waals surface area contributed by atoms with Crippen molar-refractivity contribution in [3.05, 3.63) is 23.8 Å². The monoisotopic (exact) mass is 174 g/mol. The van der Waals surface area contributed by atoms with E-state index >= 15 is 0 Å². The minimum absolute atomic E-state index is 0.332. The van der Waals surface area contributed by atoms with E-state index in [4.69, 9.17) is 9.47 Å². The average Bonchev–Trinajstić information content (AvgIpc) is 2.61. The third-order valence-corrected chi connectivity index (χ3v) is 1.91. The smallest absolute Gasteiger partial charge is 0.231 e. The van der Waals surface area contributed by atoms with E-state index in [0.717, 1.165) is 17.9 Å². The van der Waals surface area contributed by atoms with Gasteiger partial charge in [0, 0.05) is 6.42 Å². The summed E-state index contributed by atoms with van der Waals surface area (Å²) in [4.78, 5) is 0. The van der Waals surface area contributed by atoms with E-state index in [9.17, 15) is 0 Å². The standard InChI is InChI=1S/C11H10O2/c1-2-3-4-9-5-6-10-11(7-9)13-8-12-10/h5-7H,4,8H2,1H3. The van der Waals surface area contributed by atoms with Crippen molar-refractivity contribution < 1.29 is 9.47 Å². The van der Waals surface area contributed by atoms with Crippen LogP contribution in [0.4, 0.5) is 0 Å². The zero-order valence-corrected chi connectivity index (χ0v) is 7.46. The summed E-state index contributed by atoms with van der Waals surface area (Å²) in [6.45, 7) is 2.17. The molecule has 0 saturated heterocycles. The lowest BCUT2D eigenvalue weighted by Gasteiger charge is -1.97. The zero-order chi connectivity index (χ0) is 9.10. The molecule has 0 saturated carbocycles. The van der Waals surface area contributed by atoms with Crippen LogP contribution in [0.1, 0.15) is 12.5 Å². The molecule has 0 aromatic heterocycles. The lowest BCUT2D eigenvalue weighted by atomic mass is 10.1. The first-order valence-corrected chi connectivity index (χ1v) is 4.18. The Morgan fingerprint density at radius 3 is 3.00 bits per heavy atom. The van der Waals surface area contributed by atoms with E-state index in [1.54, 1.807) is 0 Å². The Balaban J connectivity index is 2.24. The van der Waals surface area contributed by atoms with E-state index < -0.39 is 0 Å². The minimum Gasteiger partial charge on any atom is -0.454 e. The molecule has 0 atom stereocenters. The van der Waals surface area contributed by atoms with Gasteiger partial charge < -0.3 is 9.47 Å². The first-order chi connectivity index (χ1) is 6.40. The van der Waals surface area contributed by atoms with Crippen molar-refractivity contribution >= 4 is 0 Å². The number of rotatable bonds is 1. The maximum Gasteiger partial charge on any atom is 0.231 e. The van der Waals surface area contributed by atoms with Gasteiger partial charge in [0.2, 0.25) is 6.79 Å². The molecule has 1 aromatic rings. The second-order valence-corrected chi connectivity index (χ2v) is 2.79. The van der Waals surface area contributed by atoms with Crippen LogP contribution >= 0.6 is 0 Å². The van der Waals surface area contributed by atoms with Crippen molar-refractivity contribution in [1.82, 2.24) is 0 Å². The topological polar surface area (TPSA) is 18.5 Å². The van der Waals surface area contributed by atoms with Crippen molar-refractivity contribution in [3.8, 4) is 23.3 Å². The summed E-state index contributed by atoms with van der Waals surface area (Å²) < 4.78 is 10.4. The van der Waals surface area contributed by atoms with Crippen LogP contribution in [0.3, 0.4) is 0 Å². The molecule has 1 aliphatic rings. The molecule has 2 nitrogen and oxygen atoms in total. The van der Waals surface area contributed by atoms with Crippen LogP contribution in [0.25, 0.3) is 0 Å². The Bertz CT molecular complexity index is 371. The Labute approximate surface area is 77.5 Å². The molecule has 2 heteroatoms. The molecule has 0 spiro atoms. The molecular weight excluding hydrogens is 164 g/mol. The fourth-order valence-corrected chi connectivity index (χ4v) is 1.24. The van der Waals surface area contributed by atoms with Gasteiger partial charge in [-0.1, -0.05) is 12.0 Å². The Kier molecular flexibility index (Phi) is 2.09. The highest BCUT2D eigenvalue weighted by Crippen LogP contribution is 2.32. The molecule has 1 aromatic carbocycles. The lowest BCUT2D eigenvalue weighted by molar-refractivity contribution is 0.174. The van der Waals surface area contributed by atoms with Crippen LogP contribution in [0.15, 0.2) is 18.2 Å². The summed E-state index contributed by atoms with van der Waals surface area (Å²) in [6, 6.07) is 5.92. The first-order valence-electron chi connectivity index (χ1n) is 4.18. The van der Waals surface area contributed by atoms with Gasteiger partial charge in [0.1, 0.15) is 0 Å². The first kappa shape index (κ1) is 8.00. The third kappa shape index (κ3) is 1.59. The van der Waals surface area contributed by atoms with Crippen molar-refractivity contribution in [2.75, 3.05) is 6.79 Å². The highest BCUT2D eigenvalue weighted by molar-refractivity contribution is 5.45. The van der Waals surface area contributed by atoms with Crippen LogP contribution in [-0.4, -0.2) is 6.79 Å². The van der Waals surface area contributed by atoms with E-state index in [0.29, 0.717) is 6.79 Å². The van der Waals surface area contributed by atoms with Gasteiger partial charge in [0.25, 0.3) is 0 Å². The Hall–Kier alpha value is -1.62. The maximum absolute atomic E-state index is 5.25. The molecule has 0 amide bonds. The summed E-state index contributed by atoms with van der Waals surface area (Å²) in [7, 11) is 0. The van der Waals surface area contributed by atoms with Gasteiger partial charge in [-0.3, -0.25) is 0 Å². The lowest BCUT2D eigenvalue weighted by Crippen LogP contribution is -1.92. The molecule has 0 radical (unpaired) electrons. The number of fused-ring (bicyclic) bond motifs is 1. The van der Waals surface area contributed by atoms with Gasteiger partial charge in [-0.05, 0) is 24.6 Å². The molecule has 66 valence electrons. The molecule has 0 N–H and O–H groups in total. The van der Waals surface area contributed by atoms with Gasteiger partial charge in [-0.15, -0.1) is 5.92 Å². The molecule has 13 heavy (non-hydrogen) atoms. The summed E-state index contributed by atoms with van der Waals surface area (Å²) in [6.07, 6.45) is 0.771. The third-order valence-electron chi connectivity index (χ3n) is 1.91. The molecular formula is C11H10O2. The van der Waals surface area contributed by atoms with Crippen molar-refractivity contribution in [2.24, 2.45) is 0 Å². The second kappa shape index (κ2) is 3.40. The van der Waals surface area contributed by atoms with Gasteiger partial charge >= 0.3 is 0 Å². The zero-order valence-electron chi connectivity index (χ0n) is 7.46. The van der Waals surface area contributed by atoms with Gasteiger partial charge in [-0.25, -0.2) is 0 Å². The predicted molar refractivity (Wildman–Crippen MR) is 49.7 cm³/mol. The van der Waals surface area contributed by atoms with E-state index in [1.807, 2.05) is 25.1 Å².